The molecule has 94 valence electrons. The highest BCUT2D eigenvalue weighted by Crippen LogP contribution is 2.21. The van der Waals surface area contributed by atoms with Gasteiger partial charge in [-0.25, -0.2) is 4.98 Å². The van der Waals surface area contributed by atoms with E-state index in [-0.39, 0.29) is 11.9 Å². The van der Waals surface area contributed by atoms with Crippen molar-refractivity contribution in [2.75, 3.05) is 25.7 Å². The molecule has 0 radical (unpaired) electrons. The number of anilines is 1. The Hall–Kier alpha value is -1.62. The first kappa shape index (κ1) is 13.4. The molecule has 0 spiro atoms. The molecule has 0 amide bonds. The van der Waals surface area contributed by atoms with Gasteiger partial charge in [-0.3, -0.25) is 5.41 Å². The number of aromatic nitrogens is 1. The van der Waals surface area contributed by atoms with Gasteiger partial charge in [0.2, 0.25) is 0 Å². The predicted octanol–water partition coefficient (Wildman–Crippen LogP) is 1.15. The molecule has 1 aromatic rings. The first-order valence-electron chi connectivity index (χ1n) is 5.50. The fourth-order valence-corrected chi connectivity index (χ4v) is 1.71. The van der Waals surface area contributed by atoms with Crippen LogP contribution in [0.3, 0.4) is 0 Å². The van der Waals surface area contributed by atoms with E-state index in [0.29, 0.717) is 12.2 Å². The van der Waals surface area contributed by atoms with Crippen molar-refractivity contribution in [2.24, 2.45) is 5.73 Å². The first-order chi connectivity index (χ1) is 7.99. The van der Waals surface area contributed by atoms with Gasteiger partial charge in [-0.15, -0.1) is 0 Å². The van der Waals surface area contributed by atoms with Gasteiger partial charge in [0, 0.05) is 20.4 Å². The van der Waals surface area contributed by atoms with Gasteiger partial charge in [-0.05, 0) is 25.5 Å². The quantitative estimate of drug-likeness (QED) is 0.594. The molecule has 0 fully saturated rings. The van der Waals surface area contributed by atoms with Gasteiger partial charge in [-0.1, -0.05) is 0 Å². The summed E-state index contributed by atoms with van der Waals surface area (Å²) in [7, 11) is 3.60. The maximum Gasteiger partial charge on any atom is 0.139 e. The first-order valence-corrected chi connectivity index (χ1v) is 5.50. The van der Waals surface area contributed by atoms with Crippen LogP contribution in [0, 0.1) is 12.3 Å². The lowest BCUT2D eigenvalue weighted by atomic mass is 10.1. The lowest BCUT2D eigenvalue weighted by molar-refractivity contribution is 0.183. The molecule has 0 saturated heterocycles. The Morgan fingerprint density at radius 3 is 2.82 bits per heavy atom. The number of nitrogen functional groups attached to an aromatic ring is 1. The molecule has 1 heterocycles. The number of nitrogens with one attached hydrogen (secondary N) is 1. The Labute approximate surface area is 102 Å². The van der Waals surface area contributed by atoms with Crippen LogP contribution < -0.4 is 10.6 Å². The smallest absolute Gasteiger partial charge is 0.139 e. The highest BCUT2D eigenvalue weighted by Gasteiger charge is 2.17. The summed E-state index contributed by atoms with van der Waals surface area (Å²) in [5, 5.41) is 7.63. The molecule has 17 heavy (non-hydrogen) atoms. The van der Waals surface area contributed by atoms with E-state index in [2.05, 4.69) is 4.98 Å². The van der Waals surface area contributed by atoms with E-state index in [0.717, 1.165) is 11.4 Å². The minimum atomic E-state index is 0.0436. The molecule has 1 atom stereocenters. The van der Waals surface area contributed by atoms with Crippen molar-refractivity contribution in [3.63, 3.8) is 0 Å². The minimum Gasteiger partial charge on any atom is -0.384 e. The van der Waals surface area contributed by atoms with E-state index in [4.69, 9.17) is 15.9 Å². The molecular formula is C12H20N4O. The maximum absolute atomic E-state index is 7.63. The fraction of sp³-hybridized carbons (Fsp3) is 0.500. The van der Waals surface area contributed by atoms with Crippen LogP contribution in [0.2, 0.25) is 0 Å². The number of rotatable bonds is 5. The second-order valence-electron chi connectivity index (χ2n) is 4.16. The fourth-order valence-electron chi connectivity index (χ4n) is 1.71. The summed E-state index contributed by atoms with van der Waals surface area (Å²) in [6, 6.07) is 2.03. The van der Waals surface area contributed by atoms with Crippen molar-refractivity contribution in [3.8, 4) is 0 Å². The average molecular weight is 236 g/mol. The summed E-state index contributed by atoms with van der Waals surface area (Å²) < 4.78 is 5.12. The number of aryl methyl sites for hydroxylation is 1. The molecule has 0 aromatic carbocycles. The molecule has 1 rings (SSSR count). The normalized spacial score (nSPS) is 12.2. The zero-order valence-corrected chi connectivity index (χ0v) is 10.8. The summed E-state index contributed by atoms with van der Waals surface area (Å²) >= 11 is 0. The SMILES string of the molecule is COCC(C)N(C)c1nccc(C)c1C(=N)N. The second-order valence-corrected chi connectivity index (χ2v) is 4.16. The zero-order valence-electron chi connectivity index (χ0n) is 10.8. The van der Waals surface area contributed by atoms with E-state index in [1.165, 1.54) is 0 Å². The molecule has 5 heteroatoms. The molecule has 0 saturated carbocycles. The summed E-state index contributed by atoms with van der Waals surface area (Å²) in [5.74, 6) is 0.768. The van der Waals surface area contributed by atoms with Gasteiger partial charge >= 0.3 is 0 Å². The number of likely N-dealkylation sites (N-methyl/N-ethyl adjacent to an activating group) is 1. The third-order valence-electron chi connectivity index (χ3n) is 2.81. The van der Waals surface area contributed by atoms with Gasteiger partial charge in [0.15, 0.2) is 0 Å². The minimum absolute atomic E-state index is 0.0436. The number of hydrogen-bond donors (Lipinski definition) is 2. The molecule has 5 nitrogen and oxygen atoms in total. The van der Waals surface area contributed by atoms with Gasteiger partial charge in [0.1, 0.15) is 11.7 Å². The Kier molecular flexibility index (Phi) is 4.45. The third-order valence-corrected chi connectivity index (χ3v) is 2.81. The van der Waals surface area contributed by atoms with Crippen LogP contribution in [0.1, 0.15) is 18.1 Å². The lowest BCUT2D eigenvalue weighted by Gasteiger charge is -2.27. The van der Waals surface area contributed by atoms with Crippen molar-refractivity contribution >= 4 is 11.7 Å². The topological polar surface area (TPSA) is 75.2 Å². The van der Waals surface area contributed by atoms with Gasteiger partial charge in [-0.2, -0.15) is 0 Å². The maximum atomic E-state index is 7.63. The van der Waals surface area contributed by atoms with Crippen molar-refractivity contribution < 1.29 is 4.74 Å². The van der Waals surface area contributed by atoms with E-state index in [9.17, 15) is 0 Å². The number of methoxy groups -OCH3 is 1. The Balaban J connectivity index is 3.13. The van der Waals surface area contributed by atoms with Crippen molar-refractivity contribution in [1.29, 1.82) is 5.41 Å². The Bertz CT molecular complexity index is 405. The molecule has 3 N–H and O–H groups in total. The highest BCUT2D eigenvalue weighted by atomic mass is 16.5. The van der Waals surface area contributed by atoms with Crippen molar-refractivity contribution in [3.05, 3.63) is 23.4 Å². The summed E-state index contributed by atoms with van der Waals surface area (Å²) in [6.07, 6.45) is 1.73. The van der Waals surface area contributed by atoms with Crippen LogP contribution in [-0.2, 0) is 4.74 Å². The lowest BCUT2D eigenvalue weighted by Crippen LogP contribution is -2.35. The molecule has 0 bridgehead atoms. The van der Waals surface area contributed by atoms with Crippen LogP contribution in [0.5, 0.6) is 0 Å². The third kappa shape index (κ3) is 2.94. The molecule has 0 aliphatic rings. The van der Waals surface area contributed by atoms with Crippen LogP contribution >= 0.6 is 0 Å². The molecule has 0 aliphatic carbocycles. The van der Waals surface area contributed by atoms with E-state index >= 15 is 0 Å². The van der Waals surface area contributed by atoms with Crippen LogP contribution in [0.25, 0.3) is 0 Å². The number of nitrogens with zero attached hydrogens (tertiary/aromatic N) is 2. The summed E-state index contributed by atoms with van der Waals surface area (Å²) in [4.78, 5) is 6.29. The van der Waals surface area contributed by atoms with Gasteiger partial charge in [0.05, 0.1) is 18.2 Å². The van der Waals surface area contributed by atoms with E-state index < -0.39 is 0 Å². The van der Waals surface area contributed by atoms with Crippen LogP contribution in [0.15, 0.2) is 12.3 Å². The van der Waals surface area contributed by atoms with Crippen LogP contribution in [0.4, 0.5) is 5.82 Å². The largest absolute Gasteiger partial charge is 0.384 e. The standard InChI is InChI=1S/C12H20N4O/c1-8-5-6-15-12(10(8)11(13)14)16(3)9(2)7-17-4/h5-6,9H,7H2,1-4H3,(H3,13,14). The molecular weight excluding hydrogens is 216 g/mol. The predicted molar refractivity (Wildman–Crippen MR) is 69.7 cm³/mol. The van der Waals surface area contributed by atoms with Gasteiger partial charge in [0.25, 0.3) is 0 Å². The Morgan fingerprint density at radius 2 is 2.29 bits per heavy atom. The van der Waals surface area contributed by atoms with Gasteiger partial charge < -0.3 is 15.4 Å². The Morgan fingerprint density at radius 1 is 1.65 bits per heavy atom. The average Bonchev–Trinajstić information content (AvgIpc) is 2.27. The summed E-state index contributed by atoms with van der Waals surface area (Å²) in [5.41, 5.74) is 7.26. The monoisotopic (exact) mass is 236 g/mol. The molecule has 1 unspecified atom stereocenters. The van der Waals surface area contributed by atoms with Crippen LogP contribution in [-0.4, -0.2) is 37.6 Å². The molecule has 1 aromatic heterocycles. The summed E-state index contributed by atoms with van der Waals surface area (Å²) in [6.45, 7) is 4.57. The number of ether oxygens (including phenoxy) is 1. The number of amidine groups is 1. The van der Waals surface area contributed by atoms with E-state index in [1.807, 2.05) is 31.9 Å². The highest BCUT2D eigenvalue weighted by molar-refractivity contribution is 6.01. The van der Waals surface area contributed by atoms with Crippen molar-refractivity contribution in [1.82, 2.24) is 4.98 Å². The second kappa shape index (κ2) is 5.63. The zero-order chi connectivity index (χ0) is 13.0. The van der Waals surface area contributed by atoms with E-state index in [1.54, 1.807) is 13.3 Å². The van der Waals surface area contributed by atoms with Crippen molar-refractivity contribution in [2.45, 2.75) is 19.9 Å². The number of nitrogens with two attached hydrogens (primary N) is 1. The number of hydrogen-bond acceptors (Lipinski definition) is 4. The number of pyridine rings is 1. The molecule has 0 aliphatic heterocycles.